The van der Waals surface area contributed by atoms with E-state index in [2.05, 4.69) is 11.9 Å². The van der Waals surface area contributed by atoms with E-state index in [0.29, 0.717) is 32.7 Å². The summed E-state index contributed by atoms with van der Waals surface area (Å²) in [5, 5.41) is 3.27. The maximum Gasteiger partial charge on any atom is 0.224 e. The molecule has 0 aliphatic carbocycles. The zero-order valence-electron chi connectivity index (χ0n) is 12.0. The van der Waals surface area contributed by atoms with Crippen molar-refractivity contribution in [2.75, 3.05) is 39.4 Å². The highest BCUT2D eigenvalue weighted by Crippen LogP contribution is 2.09. The maximum absolute atomic E-state index is 12.0. The maximum atomic E-state index is 12.0. The summed E-state index contributed by atoms with van der Waals surface area (Å²) < 4.78 is 5.40. The Balaban J connectivity index is 2.14. The van der Waals surface area contributed by atoms with Gasteiger partial charge < -0.3 is 20.7 Å². The molecule has 0 saturated carbocycles. The Kier molecular flexibility index (Phi) is 7.70. The Morgan fingerprint density at radius 3 is 2.74 bits per heavy atom. The van der Waals surface area contributed by atoms with E-state index in [0.717, 1.165) is 31.5 Å². The van der Waals surface area contributed by atoms with E-state index in [4.69, 9.17) is 10.5 Å². The van der Waals surface area contributed by atoms with E-state index >= 15 is 0 Å². The second-order valence-electron chi connectivity index (χ2n) is 5.19. The lowest BCUT2D eigenvalue weighted by molar-refractivity contribution is -0.130. The summed E-state index contributed by atoms with van der Waals surface area (Å²) in [6, 6.07) is 0.0431. The number of carbonyl (C=O) groups is 1. The third-order valence-electron chi connectivity index (χ3n) is 3.19. The van der Waals surface area contributed by atoms with Crippen LogP contribution in [0.1, 0.15) is 26.2 Å². The number of amides is 1. The number of carbonyl (C=O) groups excluding carboxylic acids is 1. The average molecular weight is 269 g/mol. The van der Waals surface area contributed by atoms with Crippen molar-refractivity contribution in [3.8, 4) is 0 Å². The van der Waals surface area contributed by atoms with Gasteiger partial charge >= 0.3 is 0 Å². The van der Waals surface area contributed by atoms with Gasteiger partial charge in [0.15, 0.2) is 0 Å². The van der Waals surface area contributed by atoms with Crippen LogP contribution in [0.15, 0.2) is 12.2 Å². The molecule has 1 heterocycles. The van der Waals surface area contributed by atoms with Gasteiger partial charge in [0.1, 0.15) is 0 Å². The van der Waals surface area contributed by atoms with Crippen LogP contribution in [0.3, 0.4) is 0 Å². The number of hydrogen-bond acceptors (Lipinski definition) is 4. The number of hydrogen-bond donors (Lipinski definition) is 2. The van der Waals surface area contributed by atoms with Crippen LogP contribution < -0.4 is 11.1 Å². The van der Waals surface area contributed by atoms with Crippen LogP contribution in [-0.4, -0.2) is 56.2 Å². The Labute approximate surface area is 116 Å². The predicted molar refractivity (Wildman–Crippen MR) is 76.9 cm³/mol. The molecule has 1 atom stereocenters. The average Bonchev–Trinajstić information content (AvgIpc) is 2.90. The molecule has 110 valence electrons. The van der Waals surface area contributed by atoms with Gasteiger partial charge in [0.2, 0.25) is 5.91 Å². The zero-order chi connectivity index (χ0) is 14.1. The first-order chi connectivity index (χ1) is 9.13. The highest BCUT2D eigenvalue weighted by molar-refractivity contribution is 5.77. The predicted octanol–water partition coefficient (Wildman–Crippen LogP) is 0.509. The van der Waals surface area contributed by atoms with E-state index in [-0.39, 0.29) is 11.9 Å². The van der Waals surface area contributed by atoms with E-state index in [1.807, 2.05) is 11.8 Å². The van der Waals surface area contributed by atoms with Crippen molar-refractivity contribution in [3.05, 3.63) is 12.2 Å². The molecule has 0 aromatic heterocycles. The number of likely N-dealkylation sites (tertiary alicyclic amines) is 1. The molecule has 3 N–H and O–H groups in total. The first-order valence-electron chi connectivity index (χ1n) is 7.07. The van der Waals surface area contributed by atoms with Crippen molar-refractivity contribution in [1.29, 1.82) is 0 Å². The van der Waals surface area contributed by atoms with Crippen LogP contribution in [-0.2, 0) is 9.53 Å². The third kappa shape index (κ3) is 6.71. The minimum Gasteiger partial charge on any atom is -0.376 e. The molecule has 1 aliphatic heterocycles. The lowest BCUT2D eigenvalue weighted by atomic mass is 10.2. The van der Waals surface area contributed by atoms with Crippen molar-refractivity contribution in [3.63, 3.8) is 0 Å². The zero-order valence-corrected chi connectivity index (χ0v) is 12.0. The molecule has 1 unspecified atom stereocenters. The minimum absolute atomic E-state index is 0.0431. The Bertz CT molecular complexity index is 288. The molecule has 1 amide bonds. The topological polar surface area (TPSA) is 67.6 Å². The van der Waals surface area contributed by atoms with Gasteiger partial charge in [-0.15, -0.1) is 0 Å². The van der Waals surface area contributed by atoms with E-state index in [9.17, 15) is 4.79 Å². The van der Waals surface area contributed by atoms with Gasteiger partial charge in [-0.25, -0.2) is 0 Å². The van der Waals surface area contributed by atoms with Gasteiger partial charge in [0.05, 0.1) is 13.2 Å². The molecule has 0 bridgehead atoms. The van der Waals surface area contributed by atoms with Gasteiger partial charge in [-0.05, 0) is 19.8 Å². The number of ether oxygens (including phenoxy) is 1. The SMILES string of the molecule is C=C(C)COCCNC(CN)CC(=O)N1CCCC1. The normalized spacial score (nSPS) is 16.6. The van der Waals surface area contributed by atoms with Crippen molar-refractivity contribution in [1.82, 2.24) is 10.2 Å². The molecular weight excluding hydrogens is 242 g/mol. The fourth-order valence-corrected chi connectivity index (χ4v) is 2.13. The quantitative estimate of drug-likeness (QED) is 0.473. The lowest BCUT2D eigenvalue weighted by Crippen LogP contribution is -2.42. The molecule has 5 heteroatoms. The second-order valence-corrected chi connectivity index (χ2v) is 5.19. The molecule has 19 heavy (non-hydrogen) atoms. The lowest BCUT2D eigenvalue weighted by Gasteiger charge is -2.21. The Morgan fingerprint density at radius 1 is 1.47 bits per heavy atom. The molecule has 0 spiro atoms. The summed E-state index contributed by atoms with van der Waals surface area (Å²) in [5.41, 5.74) is 6.71. The van der Waals surface area contributed by atoms with Crippen LogP contribution in [0, 0.1) is 0 Å². The van der Waals surface area contributed by atoms with E-state index in [1.165, 1.54) is 0 Å². The number of rotatable bonds is 9. The standard InChI is InChI=1S/C14H27N3O2/c1-12(2)11-19-8-5-16-13(10-15)9-14(18)17-6-3-4-7-17/h13,16H,1,3-11,15H2,2H3. The summed E-state index contributed by atoms with van der Waals surface area (Å²) in [4.78, 5) is 13.9. The number of nitrogens with zero attached hydrogens (tertiary/aromatic N) is 1. The fourth-order valence-electron chi connectivity index (χ4n) is 2.13. The monoisotopic (exact) mass is 269 g/mol. The molecule has 1 saturated heterocycles. The molecule has 1 aliphatic rings. The van der Waals surface area contributed by atoms with Crippen molar-refractivity contribution < 1.29 is 9.53 Å². The van der Waals surface area contributed by atoms with Crippen LogP contribution >= 0.6 is 0 Å². The summed E-state index contributed by atoms with van der Waals surface area (Å²) in [6.45, 7) is 9.89. The summed E-state index contributed by atoms with van der Waals surface area (Å²) in [6.07, 6.45) is 2.74. The van der Waals surface area contributed by atoms with Crippen molar-refractivity contribution in [2.45, 2.75) is 32.2 Å². The molecule has 1 fully saturated rings. The van der Waals surface area contributed by atoms with E-state index in [1.54, 1.807) is 0 Å². The fraction of sp³-hybridized carbons (Fsp3) is 0.786. The van der Waals surface area contributed by atoms with Crippen molar-refractivity contribution >= 4 is 5.91 Å². The van der Waals surface area contributed by atoms with E-state index < -0.39 is 0 Å². The third-order valence-corrected chi connectivity index (χ3v) is 3.19. The Hall–Kier alpha value is -0.910. The van der Waals surface area contributed by atoms with Crippen LogP contribution in [0.25, 0.3) is 0 Å². The molecule has 0 aromatic carbocycles. The molecular formula is C14H27N3O2. The van der Waals surface area contributed by atoms with Gasteiger partial charge in [-0.2, -0.15) is 0 Å². The first-order valence-corrected chi connectivity index (χ1v) is 7.07. The van der Waals surface area contributed by atoms with Crippen LogP contribution in [0.2, 0.25) is 0 Å². The molecule has 1 rings (SSSR count). The molecule has 5 nitrogen and oxygen atoms in total. The highest BCUT2D eigenvalue weighted by Gasteiger charge is 2.20. The summed E-state index contributed by atoms with van der Waals surface area (Å²) >= 11 is 0. The summed E-state index contributed by atoms with van der Waals surface area (Å²) in [5.74, 6) is 0.211. The van der Waals surface area contributed by atoms with Crippen molar-refractivity contribution in [2.24, 2.45) is 5.73 Å². The second kappa shape index (κ2) is 9.07. The van der Waals surface area contributed by atoms with Crippen LogP contribution in [0.4, 0.5) is 0 Å². The Morgan fingerprint density at radius 2 is 2.16 bits per heavy atom. The number of nitrogens with two attached hydrogens (primary N) is 1. The summed E-state index contributed by atoms with van der Waals surface area (Å²) in [7, 11) is 0. The van der Waals surface area contributed by atoms with Gasteiger partial charge in [0, 0.05) is 38.6 Å². The molecule has 0 aromatic rings. The van der Waals surface area contributed by atoms with Gasteiger partial charge in [-0.3, -0.25) is 4.79 Å². The first kappa shape index (κ1) is 16.1. The highest BCUT2D eigenvalue weighted by atomic mass is 16.5. The largest absolute Gasteiger partial charge is 0.376 e. The number of nitrogens with one attached hydrogen (secondary N) is 1. The molecule has 0 radical (unpaired) electrons. The van der Waals surface area contributed by atoms with Crippen LogP contribution in [0.5, 0.6) is 0 Å². The smallest absolute Gasteiger partial charge is 0.224 e. The minimum atomic E-state index is 0.0431. The van der Waals surface area contributed by atoms with Gasteiger partial charge in [0.25, 0.3) is 0 Å². The van der Waals surface area contributed by atoms with Gasteiger partial charge in [-0.1, -0.05) is 12.2 Å².